The normalized spacial score (nSPS) is 29.6. The van der Waals surface area contributed by atoms with Crippen molar-refractivity contribution >= 4 is 12.3 Å². The summed E-state index contributed by atoms with van der Waals surface area (Å²) in [6.45, 7) is 5.35. The van der Waals surface area contributed by atoms with Gasteiger partial charge < -0.3 is 25.2 Å². The molecule has 0 radical (unpaired) electrons. The first-order valence-electron chi connectivity index (χ1n) is 8.53. The maximum Gasteiger partial charge on any atom is 0.310 e. The van der Waals surface area contributed by atoms with Crippen LogP contribution in [-0.4, -0.2) is 63.7 Å². The number of aliphatic hydroxyl groups excluding tert-OH is 4. The van der Waals surface area contributed by atoms with E-state index in [1.165, 1.54) is 0 Å². The van der Waals surface area contributed by atoms with Crippen LogP contribution in [0, 0.1) is 23.7 Å². The molecule has 7 heteroatoms. The molecule has 0 amide bonds. The lowest BCUT2D eigenvalue weighted by molar-refractivity contribution is -0.175. The fraction of sp³-hybridized carbons (Fsp3) is 0.882. The van der Waals surface area contributed by atoms with Crippen molar-refractivity contribution in [2.75, 3.05) is 6.61 Å². The predicted octanol–water partition coefficient (Wildman–Crippen LogP) is -0.120. The van der Waals surface area contributed by atoms with E-state index in [0.29, 0.717) is 12.3 Å². The molecule has 0 spiro atoms. The van der Waals surface area contributed by atoms with E-state index in [9.17, 15) is 24.9 Å². The number of carbonyl (C=O) groups excluding carboxylic acids is 2. The molecular weight excluding hydrogens is 316 g/mol. The maximum absolute atomic E-state index is 12.5. The lowest BCUT2D eigenvalue weighted by Crippen LogP contribution is -2.49. The Kier molecular flexibility index (Phi) is 8.29. The summed E-state index contributed by atoms with van der Waals surface area (Å²) in [5.74, 6) is -0.119. The molecule has 140 valence electrons. The number of aliphatic hydroxyl groups is 4. The third-order valence-corrected chi connectivity index (χ3v) is 4.98. The summed E-state index contributed by atoms with van der Waals surface area (Å²) in [4.78, 5) is 23.7. The molecule has 0 aromatic carbocycles. The van der Waals surface area contributed by atoms with Gasteiger partial charge in [-0.05, 0) is 30.6 Å². The van der Waals surface area contributed by atoms with E-state index < -0.39 is 37.0 Å². The van der Waals surface area contributed by atoms with Gasteiger partial charge in [0.2, 0.25) is 0 Å². The van der Waals surface area contributed by atoms with Crippen molar-refractivity contribution in [2.45, 2.75) is 64.4 Å². The van der Waals surface area contributed by atoms with E-state index in [1.807, 2.05) is 13.8 Å². The van der Waals surface area contributed by atoms with Crippen molar-refractivity contribution in [2.24, 2.45) is 23.7 Å². The average Bonchev–Trinajstić information content (AvgIpc) is 2.56. The summed E-state index contributed by atoms with van der Waals surface area (Å²) in [5.41, 5.74) is 0. The van der Waals surface area contributed by atoms with Crippen LogP contribution in [0.1, 0.15) is 40.0 Å². The smallest absolute Gasteiger partial charge is 0.310 e. The molecule has 24 heavy (non-hydrogen) atoms. The zero-order valence-corrected chi connectivity index (χ0v) is 14.5. The van der Waals surface area contributed by atoms with Crippen molar-refractivity contribution in [3.8, 4) is 0 Å². The average molecular weight is 346 g/mol. The van der Waals surface area contributed by atoms with Crippen LogP contribution in [0.5, 0.6) is 0 Å². The molecule has 1 aliphatic carbocycles. The zero-order valence-electron chi connectivity index (χ0n) is 14.5. The Labute approximate surface area is 142 Å². The van der Waals surface area contributed by atoms with Crippen LogP contribution < -0.4 is 0 Å². The molecule has 7 atom stereocenters. The third-order valence-electron chi connectivity index (χ3n) is 4.98. The highest BCUT2D eigenvalue weighted by Gasteiger charge is 2.39. The van der Waals surface area contributed by atoms with Crippen molar-refractivity contribution < 1.29 is 34.8 Å². The van der Waals surface area contributed by atoms with E-state index >= 15 is 0 Å². The summed E-state index contributed by atoms with van der Waals surface area (Å²) in [5, 5.41) is 37.8. The van der Waals surface area contributed by atoms with E-state index in [2.05, 4.69) is 6.92 Å². The summed E-state index contributed by atoms with van der Waals surface area (Å²) < 4.78 is 5.14. The van der Waals surface area contributed by atoms with Crippen molar-refractivity contribution in [3.05, 3.63) is 0 Å². The van der Waals surface area contributed by atoms with Crippen molar-refractivity contribution in [1.82, 2.24) is 0 Å². The largest absolute Gasteiger partial charge is 0.452 e. The lowest BCUT2D eigenvalue weighted by Gasteiger charge is -2.36. The molecule has 0 aromatic rings. The molecule has 0 aromatic heterocycles. The van der Waals surface area contributed by atoms with Crippen LogP contribution in [0.3, 0.4) is 0 Å². The number of carbonyl (C=O) groups is 2. The number of ether oxygens (including phenoxy) is 1. The minimum absolute atomic E-state index is 0.145. The minimum atomic E-state index is -1.80. The Hall–Kier alpha value is -1.02. The Balaban J connectivity index is 2.79. The minimum Gasteiger partial charge on any atom is -0.452 e. The number of hydrogen-bond acceptors (Lipinski definition) is 7. The molecule has 0 saturated heterocycles. The molecule has 7 nitrogen and oxygen atoms in total. The van der Waals surface area contributed by atoms with Gasteiger partial charge in [-0.3, -0.25) is 9.59 Å². The van der Waals surface area contributed by atoms with Gasteiger partial charge in [0.1, 0.15) is 18.3 Å². The number of esters is 1. The standard InChI is InChI=1S/C17H30O7/c1-9(2)11-5-4-10(3)6-12(11)17(23)24-14(8-19)16(22)15(21)13(20)7-18/h8-16,18,20-22H,4-7H2,1-3H3/t10?,11?,12?,13-,14+,15-,16-/m1/s1. The Morgan fingerprint density at radius 1 is 1.21 bits per heavy atom. The number of aldehydes is 1. The second-order valence-corrected chi connectivity index (χ2v) is 7.20. The second kappa shape index (κ2) is 9.46. The van der Waals surface area contributed by atoms with Crippen LogP contribution in [0.15, 0.2) is 0 Å². The molecule has 4 N–H and O–H groups in total. The molecule has 1 aliphatic rings. The highest BCUT2D eigenvalue weighted by atomic mass is 16.6. The molecule has 1 fully saturated rings. The summed E-state index contributed by atoms with van der Waals surface area (Å²) in [6.07, 6.45) is -3.97. The van der Waals surface area contributed by atoms with Gasteiger partial charge in [0.05, 0.1) is 12.5 Å². The van der Waals surface area contributed by atoms with Crippen molar-refractivity contribution in [1.29, 1.82) is 0 Å². The van der Waals surface area contributed by atoms with E-state index in [-0.39, 0.29) is 24.0 Å². The monoisotopic (exact) mass is 346 g/mol. The van der Waals surface area contributed by atoms with Crippen LogP contribution in [-0.2, 0) is 14.3 Å². The van der Waals surface area contributed by atoms with Gasteiger partial charge >= 0.3 is 5.97 Å². The molecule has 0 aliphatic heterocycles. The SMILES string of the molecule is CC1CCC(C(C)C)C(C(=O)O[C@@H](C=O)[C@@H](O)[C@H](O)[C@H](O)CO)C1. The fourth-order valence-electron chi connectivity index (χ4n) is 3.40. The quantitative estimate of drug-likeness (QED) is 0.357. The first-order valence-corrected chi connectivity index (χ1v) is 8.53. The molecular formula is C17H30O7. The Bertz CT molecular complexity index is 412. The highest BCUT2D eigenvalue weighted by molar-refractivity contribution is 5.75. The maximum atomic E-state index is 12.5. The summed E-state index contributed by atoms with van der Waals surface area (Å²) in [6, 6.07) is 0. The number of hydrogen-bond donors (Lipinski definition) is 4. The topological polar surface area (TPSA) is 124 Å². The summed E-state index contributed by atoms with van der Waals surface area (Å²) in [7, 11) is 0. The third kappa shape index (κ3) is 5.24. The molecule has 1 saturated carbocycles. The van der Waals surface area contributed by atoms with Crippen LogP contribution in [0.4, 0.5) is 0 Å². The van der Waals surface area contributed by atoms with Gasteiger partial charge in [-0.25, -0.2) is 0 Å². The molecule has 0 bridgehead atoms. The zero-order chi connectivity index (χ0) is 18.4. The first kappa shape index (κ1) is 21.0. The van der Waals surface area contributed by atoms with Crippen molar-refractivity contribution in [3.63, 3.8) is 0 Å². The van der Waals surface area contributed by atoms with E-state index in [1.54, 1.807) is 0 Å². The Morgan fingerprint density at radius 3 is 2.33 bits per heavy atom. The van der Waals surface area contributed by atoms with Gasteiger partial charge in [0.25, 0.3) is 0 Å². The van der Waals surface area contributed by atoms with Gasteiger partial charge in [-0.1, -0.05) is 27.2 Å². The number of rotatable bonds is 8. The molecule has 0 heterocycles. The van der Waals surface area contributed by atoms with E-state index in [4.69, 9.17) is 9.84 Å². The van der Waals surface area contributed by atoms with E-state index in [0.717, 1.165) is 12.8 Å². The second-order valence-electron chi connectivity index (χ2n) is 7.20. The highest BCUT2D eigenvalue weighted by Crippen LogP contribution is 2.38. The van der Waals surface area contributed by atoms with Crippen LogP contribution >= 0.6 is 0 Å². The Morgan fingerprint density at radius 2 is 1.83 bits per heavy atom. The first-order chi connectivity index (χ1) is 11.2. The van der Waals surface area contributed by atoms with Gasteiger partial charge in [0.15, 0.2) is 12.4 Å². The lowest BCUT2D eigenvalue weighted by atomic mass is 9.70. The molecule has 3 unspecified atom stereocenters. The van der Waals surface area contributed by atoms with Gasteiger partial charge in [-0.2, -0.15) is 0 Å². The van der Waals surface area contributed by atoms with Gasteiger partial charge in [0, 0.05) is 0 Å². The predicted molar refractivity (Wildman–Crippen MR) is 85.9 cm³/mol. The van der Waals surface area contributed by atoms with Crippen LogP contribution in [0.25, 0.3) is 0 Å². The van der Waals surface area contributed by atoms with Crippen LogP contribution in [0.2, 0.25) is 0 Å². The summed E-state index contributed by atoms with van der Waals surface area (Å²) >= 11 is 0. The van der Waals surface area contributed by atoms with Gasteiger partial charge in [-0.15, -0.1) is 0 Å². The molecule has 1 rings (SSSR count). The fourth-order valence-corrected chi connectivity index (χ4v) is 3.40.